The van der Waals surface area contributed by atoms with Crippen LogP contribution in [0.4, 0.5) is 10.5 Å². The maximum atomic E-state index is 12.6. The summed E-state index contributed by atoms with van der Waals surface area (Å²) in [5.41, 5.74) is 2.58. The van der Waals surface area contributed by atoms with E-state index in [-0.39, 0.29) is 13.2 Å². The number of hydroxylamine groups is 1. The third-order valence-corrected chi connectivity index (χ3v) is 4.98. The van der Waals surface area contributed by atoms with Crippen molar-refractivity contribution < 1.29 is 34.1 Å². The molecule has 0 saturated carbocycles. The van der Waals surface area contributed by atoms with Crippen LogP contribution in [0, 0.1) is 0 Å². The van der Waals surface area contributed by atoms with E-state index in [4.69, 9.17) is 24.5 Å². The van der Waals surface area contributed by atoms with Crippen molar-refractivity contribution in [2.24, 2.45) is 0 Å². The second-order valence-corrected chi connectivity index (χ2v) is 7.24. The fourth-order valence-electron chi connectivity index (χ4n) is 2.73. The van der Waals surface area contributed by atoms with Crippen LogP contribution >= 0.6 is 11.8 Å². The zero-order valence-electron chi connectivity index (χ0n) is 17.7. The Bertz CT molecular complexity index is 905. The van der Waals surface area contributed by atoms with Crippen LogP contribution in [0.15, 0.2) is 65.6 Å². The summed E-state index contributed by atoms with van der Waals surface area (Å²) in [6, 6.07) is 14.0. The van der Waals surface area contributed by atoms with Crippen molar-refractivity contribution in [3.8, 4) is 5.75 Å². The maximum Gasteiger partial charge on any atom is 0.412 e. The molecular formula is C22H26N2O7S. The number of ether oxygens (including phenoxy) is 3. The lowest BCUT2D eigenvalue weighted by molar-refractivity contribution is -0.124. The number of amides is 2. The van der Waals surface area contributed by atoms with E-state index in [1.807, 2.05) is 18.4 Å². The molecule has 0 aliphatic carbocycles. The molecule has 0 fully saturated rings. The van der Waals surface area contributed by atoms with Gasteiger partial charge in [-0.1, -0.05) is 12.1 Å². The third-order valence-electron chi connectivity index (χ3n) is 4.24. The van der Waals surface area contributed by atoms with E-state index in [9.17, 15) is 9.59 Å². The lowest BCUT2D eigenvalue weighted by Gasteiger charge is -2.25. The Labute approximate surface area is 190 Å². The summed E-state index contributed by atoms with van der Waals surface area (Å²) in [6.45, 7) is -0.0482. The van der Waals surface area contributed by atoms with Crippen LogP contribution in [-0.2, 0) is 14.3 Å². The minimum absolute atomic E-state index is 0.103. The van der Waals surface area contributed by atoms with E-state index in [1.54, 1.807) is 48.2 Å². The first-order chi connectivity index (χ1) is 15.5. The van der Waals surface area contributed by atoms with E-state index in [0.717, 1.165) is 11.0 Å². The summed E-state index contributed by atoms with van der Waals surface area (Å²) < 4.78 is 16.5. The Kier molecular flexibility index (Phi) is 10.5. The van der Waals surface area contributed by atoms with Crippen LogP contribution in [0.1, 0.15) is 11.7 Å². The Morgan fingerprint density at radius 1 is 1.19 bits per heavy atom. The van der Waals surface area contributed by atoms with Crippen molar-refractivity contribution in [3.05, 3.63) is 66.2 Å². The SMILES string of the molecule is CO[C@@H](/C=C/C(=O)NO)[C@@H](OC(=O)Nc1ccc(SC)cc1)c1cccc(OCCO)c1. The molecule has 0 heterocycles. The Morgan fingerprint density at radius 2 is 1.94 bits per heavy atom. The third kappa shape index (κ3) is 7.89. The molecule has 0 aliphatic heterocycles. The molecule has 2 atom stereocenters. The molecule has 0 aromatic heterocycles. The van der Waals surface area contributed by atoms with Gasteiger partial charge in [-0.05, 0) is 54.3 Å². The van der Waals surface area contributed by atoms with Gasteiger partial charge in [-0.2, -0.15) is 0 Å². The molecule has 0 spiro atoms. The first-order valence-corrected chi connectivity index (χ1v) is 10.8. The lowest BCUT2D eigenvalue weighted by Crippen LogP contribution is -2.27. The molecule has 0 radical (unpaired) electrons. The highest BCUT2D eigenvalue weighted by atomic mass is 32.2. The number of nitrogens with one attached hydrogen (secondary N) is 2. The van der Waals surface area contributed by atoms with Crippen LogP contribution in [0.3, 0.4) is 0 Å². The first-order valence-electron chi connectivity index (χ1n) is 9.61. The predicted molar refractivity (Wildman–Crippen MR) is 120 cm³/mol. The average Bonchev–Trinajstić information content (AvgIpc) is 2.82. The van der Waals surface area contributed by atoms with Crippen molar-refractivity contribution in [3.63, 3.8) is 0 Å². The normalized spacial score (nSPS) is 12.8. The fourth-order valence-corrected chi connectivity index (χ4v) is 3.14. The number of anilines is 1. The minimum atomic E-state index is -0.953. The second kappa shape index (κ2) is 13.4. The van der Waals surface area contributed by atoms with Gasteiger partial charge >= 0.3 is 6.09 Å². The van der Waals surface area contributed by atoms with Gasteiger partial charge in [0.1, 0.15) is 18.5 Å². The van der Waals surface area contributed by atoms with Crippen LogP contribution in [0.2, 0.25) is 0 Å². The number of carbonyl (C=O) groups excluding carboxylic acids is 2. The zero-order valence-corrected chi connectivity index (χ0v) is 18.5. The highest BCUT2D eigenvalue weighted by Gasteiger charge is 2.26. The smallest absolute Gasteiger partial charge is 0.412 e. The summed E-state index contributed by atoms with van der Waals surface area (Å²) in [5.74, 6) is -0.297. The number of rotatable bonds is 11. The number of carbonyl (C=O) groups is 2. The molecule has 2 aromatic rings. The van der Waals surface area contributed by atoms with Crippen LogP contribution in [-0.4, -0.2) is 55.0 Å². The van der Waals surface area contributed by atoms with Gasteiger partial charge in [-0.25, -0.2) is 10.3 Å². The molecule has 10 heteroatoms. The molecule has 4 N–H and O–H groups in total. The van der Waals surface area contributed by atoms with Gasteiger partial charge < -0.3 is 19.3 Å². The average molecular weight is 463 g/mol. The van der Waals surface area contributed by atoms with Gasteiger partial charge in [0.2, 0.25) is 0 Å². The maximum absolute atomic E-state index is 12.6. The van der Waals surface area contributed by atoms with Gasteiger partial charge in [0.15, 0.2) is 6.10 Å². The summed E-state index contributed by atoms with van der Waals surface area (Å²) in [6.07, 6.45) is 1.84. The van der Waals surface area contributed by atoms with E-state index < -0.39 is 24.2 Å². The number of aliphatic hydroxyl groups excluding tert-OH is 1. The molecule has 0 saturated heterocycles. The number of benzene rings is 2. The van der Waals surface area contributed by atoms with Gasteiger partial charge in [-0.3, -0.25) is 15.3 Å². The molecule has 172 valence electrons. The fraction of sp³-hybridized carbons (Fsp3) is 0.273. The van der Waals surface area contributed by atoms with Crippen LogP contribution in [0.25, 0.3) is 0 Å². The molecule has 0 bridgehead atoms. The van der Waals surface area contributed by atoms with Crippen molar-refractivity contribution in [2.45, 2.75) is 17.1 Å². The van der Waals surface area contributed by atoms with E-state index in [0.29, 0.717) is 17.0 Å². The molecule has 9 nitrogen and oxygen atoms in total. The van der Waals surface area contributed by atoms with Gasteiger partial charge in [-0.15, -0.1) is 11.8 Å². The largest absolute Gasteiger partial charge is 0.491 e. The standard InChI is InChI=1S/C22H26N2O7S/c1-29-19(10-11-20(26)24-28)21(15-4-3-5-17(14-15)30-13-12-25)31-22(27)23-16-6-8-18(32-2)9-7-16/h3-11,14,19,21,25,28H,12-13H2,1-2H3,(H,23,27)(H,24,26)/b11-10+/t19-,21-/m0/s1. The molecule has 0 aliphatic rings. The number of hydrogen-bond acceptors (Lipinski definition) is 8. The van der Waals surface area contributed by atoms with E-state index in [1.165, 1.54) is 18.7 Å². The Hall–Kier alpha value is -3.05. The summed E-state index contributed by atoms with van der Waals surface area (Å²) >= 11 is 1.58. The van der Waals surface area contributed by atoms with Gasteiger partial charge in [0, 0.05) is 23.8 Å². The molecule has 0 unspecified atom stereocenters. The summed E-state index contributed by atoms with van der Waals surface area (Å²) in [4.78, 5) is 25.1. The van der Waals surface area contributed by atoms with Crippen molar-refractivity contribution in [1.82, 2.24) is 5.48 Å². The molecule has 2 amide bonds. The van der Waals surface area contributed by atoms with E-state index >= 15 is 0 Å². The Morgan fingerprint density at radius 3 is 2.56 bits per heavy atom. The molecule has 2 aromatic carbocycles. The number of methoxy groups -OCH3 is 1. The second-order valence-electron chi connectivity index (χ2n) is 6.36. The van der Waals surface area contributed by atoms with Gasteiger partial charge in [0.05, 0.1) is 6.61 Å². The zero-order chi connectivity index (χ0) is 23.3. The quantitative estimate of drug-likeness (QED) is 0.174. The van der Waals surface area contributed by atoms with Crippen molar-refractivity contribution in [1.29, 1.82) is 0 Å². The number of hydrogen-bond donors (Lipinski definition) is 4. The van der Waals surface area contributed by atoms with Crippen LogP contribution < -0.4 is 15.5 Å². The highest BCUT2D eigenvalue weighted by Crippen LogP contribution is 2.28. The molecule has 2 rings (SSSR count). The molecular weight excluding hydrogens is 436 g/mol. The first kappa shape index (κ1) is 25.2. The summed E-state index contributed by atoms with van der Waals surface area (Å²) in [5, 5.41) is 20.4. The minimum Gasteiger partial charge on any atom is -0.491 e. The Balaban J connectivity index is 2.26. The van der Waals surface area contributed by atoms with Crippen LogP contribution in [0.5, 0.6) is 5.75 Å². The summed E-state index contributed by atoms with van der Waals surface area (Å²) in [7, 11) is 1.40. The van der Waals surface area contributed by atoms with Gasteiger partial charge in [0.25, 0.3) is 5.91 Å². The number of aliphatic hydroxyl groups is 1. The van der Waals surface area contributed by atoms with E-state index in [2.05, 4.69) is 5.32 Å². The monoisotopic (exact) mass is 462 g/mol. The lowest BCUT2D eigenvalue weighted by atomic mass is 10.0. The number of thioether (sulfide) groups is 1. The highest BCUT2D eigenvalue weighted by molar-refractivity contribution is 7.98. The van der Waals surface area contributed by atoms with Crippen molar-refractivity contribution >= 4 is 29.4 Å². The topological polar surface area (TPSA) is 126 Å². The predicted octanol–water partition coefficient (Wildman–Crippen LogP) is 3.15. The molecule has 32 heavy (non-hydrogen) atoms. The van der Waals surface area contributed by atoms with Crippen molar-refractivity contribution in [2.75, 3.05) is 31.9 Å².